The van der Waals surface area contributed by atoms with Crippen LogP contribution in [-0.4, -0.2) is 12.4 Å². The molecule has 2 rings (SSSR count). The highest BCUT2D eigenvalue weighted by Crippen LogP contribution is 2.32. The molecule has 0 aliphatic carbocycles. The molecule has 104 valence electrons. The van der Waals surface area contributed by atoms with E-state index in [0.717, 1.165) is 25.3 Å². The molecule has 0 spiro atoms. The third-order valence-electron chi connectivity index (χ3n) is 2.65. The fraction of sp³-hybridized carbons (Fsp3) is 0.133. The predicted octanol–water partition coefficient (Wildman–Crippen LogP) is 5.26. The lowest BCUT2D eigenvalue weighted by Crippen LogP contribution is -2.12. The van der Waals surface area contributed by atoms with Gasteiger partial charge in [-0.05, 0) is 56.0 Å². The van der Waals surface area contributed by atoms with Crippen LogP contribution in [0.5, 0.6) is 5.75 Å². The molecule has 0 amide bonds. The quantitative estimate of drug-likeness (QED) is 0.474. The minimum atomic E-state index is -0.0489. The second-order valence-corrected chi connectivity index (χ2v) is 7.80. The van der Waals surface area contributed by atoms with Crippen LogP contribution >= 0.6 is 43.2 Å². The van der Waals surface area contributed by atoms with E-state index in [-0.39, 0.29) is 12.4 Å². The van der Waals surface area contributed by atoms with Gasteiger partial charge in [-0.25, -0.2) is 0 Å². The van der Waals surface area contributed by atoms with Crippen LogP contribution in [0.1, 0.15) is 15.9 Å². The highest BCUT2D eigenvalue weighted by Gasteiger charge is 2.14. The van der Waals surface area contributed by atoms with Crippen LogP contribution < -0.4 is 4.74 Å². The van der Waals surface area contributed by atoms with Gasteiger partial charge in [-0.2, -0.15) is 0 Å². The van der Waals surface area contributed by atoms with Gasteiger partial charge in [0.1, 0.15) is 5.75 Å². The molecule has 20 heavy (non-hydrogen) atoms. The van der Waals surface area contributed by atoms with Crippen LogP contribution in [0.25, 0.3) is 0 Å². The zero-order chi connectivity index (χ0) is 14.5. The van der Waals surface area contributed by atoms with Crippen molar-refractivity contribution in [2.45, 2.75) is 6.42 Å². The third-order valence-corrected chi connectivity index (χ3v) is 4.99. The summed E-state index contributed by atoms with van der Waals surface area (Å²) in [6.45, 7) is 3.75. The van der Waals surface area contributed by atoms with E-state index in [2.05, 4.69) is 38.4 Å². The van der Waals surface area contributed by atoms with Crippen LogP contribution in [0.2, 0.25) is 0 Å². The number of hydrogen-bond donors (Lipinski definition) is 0. The molecule has 0 atom stereocenters. The summed E-state index contributed by atoms with van der Waals surface area (Å²) in [5, 5.41) is 0. The molecule has 0 saturated carbocycles. The molecule has 0 unspecified atom stereocenters. The van der Waals surface area contributed by atoms with Gasteiger partial charge in [0.15, 0.2) is 6.61 Å². The molecule has 0 saturated heterocycles. The molecule has 1 aromatic carbocycles. The Morgan fingerprint density at radius 3 is 2.75 bits per heavy atom. The third kappa shape index (κ3) is 3.81. The van der Waals surface area contributed by atoms with E-state index in [1.54, 1.807) is 6.07 Å². The molecular weight excluding hydrogens is 404 g/mol. The van der Waals surface area contributed by atoms with Crippen LogP contribution in [0.3, 0.4) is 0 Å². The number of para-hydroxylation sites is 1. The number of allylic oxidation sites excluding steroid dienone is 1. The zero-order valence-corrected chi connectivity index (χ0v) is 14.6. The smallest absolute Gasteiger partial charge is 0.202 e. The van der Waals surface area contributed by atoms with Gasteiger partial charge in [-0.3, -0.25) is 4.79 Å². The van der Waals surface area contributed by atoms with E-state index in [1.807, 2.05) is 30.3 Å². The second-order valence-electron chi connectivity index (χ2n) is 4.05. The summed E-state index contributed by atoms with van der Waals surface area (Å²) in [6.07, 6.45) is 2.54. The Balaban J connectivity index is 2.07. The number of carbonyl (C=O) groups is 1. The molecule has 1 aromatic heterocycles. The van der Waals surface area contributed by atoms with Gasteiger partial charge >= 0.3 is 0 Å². The maximum atomic E-state index is 12.1. The molecule has 1 heterocycles. The largest absolute Gasteiger partial charge is 0.485 e. The maximum Gasteiger partial charge on any atom is 0.202 e. The van der Waals surface area contributed by atoms with Crippen LogP contribution in [-0.2, 0) is 6.42 Å². The van der Waals surface area contributed by atoms with Gasteiger partial charge in [-0.15, -0.1) is 17.9 Å². The van der Waals surface area contributed by atoms with Gasteiger partial charge in [0.25, 0.3) is 0 Å². The summed E-state index contributed by atoms with van der Waals surface area (Å²) in [5.74, 6) is 0.679. The molecule has 0 fully saturated rings. The van der Waals surface area contributed by atoms with Crippen molar-refractivity contribution in [2.24, 2.45) is 0 Å². The van der Waals surface area contributed by atoms with Crippen molar-refractivity contribution in [1.82, 2.24) is 0 Å². The summed E-state index contributed by atoms with van der Waals surface area (Å²) in [7, 11) is 0. The number of halogens is 2. The Morgan fingerprint density at radius 1 is 1.35 bits per heavy atom. The molecule has 2 nitrogen and oxygen atoms in total. The van der Waals surface area contributed by atoms with Crippen molar-refractivity contribution in [1.29, 1.82) is 0 Å². The summed E-state index contributed by atoms with van der Waals surface area (Å²) in [6, 6.07) is 9.48. The summed E-state index contributed by atoms with van der Waals surface area (Å²) in [5.41, 5.74) is 1.67. The van der Waals surface area contributed by atoms with Crippen molar-refractivity contribution in [3.8, 4) is 5.75 Å². The number of hydrogen-bond acceptors (Lipinski definition) is 3. The first-order valence-electron chi connectivity index (χ1n) is 5.91. The normalized spacial score (nSPS) is 10.3. The number of ketones is 1. The van der Waals surface area contributed by atoms with E-state index >= 15 is 0 Å². The van der Waals surface area contributed by atoms with Gasteiger partial charge in [-0.1, -0.05) is 24.3 Å². The average Bonchev–Trinajstić information content (AvgIpc) is 2.77. The molecule has 5 heteroatoms. The van der Waals surface area contributed by atoms with Crippen molar-refractivity contribution < 1.29 is 9.53 Å². The second kappa shape index (κ2) is 7.20. The maximum absolute atomic E-state index is 12.1. The van der Waals surface area contributed by atoms with E-state index in [1.165, 1.54) is 11.3 Å². The number of Topliss-reactive ketones (excluding diaryl/α,β-unsaturated/α-hetero) is 1. The summed E-state index contributed by atoms with van der Waals surface area (Å²) in [4.78, 5) is 12.1. The van der Waals surface area contributed by atoms with E-state index < -0.39 is 0 Å². The zero-order valence-electron chi connectivity index (χ0n) is 10.6. The van der Waals surface area contributed by atoms with Crippen molar-refractivity contribution >= 4 is 49.0 Å². The van der Waals surface area contributed by atoms with E-state index in [9.17, 15) is 4.79 Å². The Kier molecular flexibility index (Phi) is 5.57. The molecule has 0 bridgehead atoms. The molecule has 0 aliphatic heterocycles. The first-order valence-corrected chi connectivity index (χ1v) is 8.31. The first kappa shape index (κ1) is 15.5. The molecule has 2 aromatic rings. The molecule has 0 aliphatic rings. The Bertz CT molecular complexity index is 635. The molecular formula is C15H12Br2O2S. The molecule has 0 radical (unpaired) electrons. The minimum absolute atomic E-state index is 0.0237. The van der Waals surface area contributed by atoms with E-state index in [4.69, 9.17) is 4.74 Å². The van der Waals surface area contributed by atoms with E-state index in [0.29, 0.717) is 5.56 Å². The topological polar surface area (TPSA) is 26.3 Å². The lowest BCUT2D eigenvalue weighted by Gasteiger charge is -2.09. The summed E-state index contributed by atoms with van der Waals surface area (Å²) < 4.78 is 7.37. The number of thiophene rings is 1. The number of carbonyl (C=O) groups excluding carboxylic acids is 1. The van der Waals surface area contributed by atoms with Gasteiger partial charge in [0.05, 0.1) is 7.57 Å². The number of benzene rings is 1. The Morgan fingerprint density at radius 2 is 2.10 bits per heavy atom. The minimum Gasteiger partial charge on any atom is -0.485 e. The number of rotatable bonds is 6. The standard InChI is InChI=1S/C15H12Br2O2S/c1-2-5-10-6-3-4-7-13(10)19-9-12(18)11-8-14(16)20-15(11)17/h2-4,6-8H,1,5,9H2. The number of ether oxygens (including phenoxy) is 1. The van der Waals surface area contributed by atoms with Crippen molar-refractivity contribution in [3.63, 3.8) is 0 Å². The Hall–Kier alpha value is -0.910. The average molecular weight is 416 g/mol. The molecule has 0 N–H and O–H groups in total. The van der Waals surface area contributed by atoms with Gasteiger partial charge in [0, 0.05) is 5.56 Å². The van der Waals surface area contributed by atoms with Crippen LogP contribution in [0.4, 0.5) is 0 Å². The van der Waals surface area contributed by atoms with Crippen molar-refractivity contribution in [2.75, 3.05) is 6.61 Å². The predicted molar refractivity (Wildman–Crippen MR) is 89.9 cm³/mol. The Labute approximate surface area is 138 Å². The van der Waals surface area contributed by atoms with Crippen molar-refractivity contribution in [3.05, 3.63) is 61.7 Å². The van der Waals surface area contributed by atoms with Crippen LogP contribution in [0, 0.1) is 0 Å². The monoisotopic (exact) mass is 414 g/mol. The lowest BCUT2D eigenvalue weighted by atomic mass is 10.1. The van der Waals surface area contributed by atoms with Gasteiger partial charge < -0.3 is 4.74 Å². The van der Waals surface area contributed by atoms with Crippen LogP contribution in [0.15, 0.2) is 50.6 Å². The summed E-state index contributed by atoms with van der Waals surface area (Å²) >= 11 is 8.22. The fourth-order valence-electron chi connectivity index (χ4n) is 1.72. The SMILES string of the molecule is C=CCc1ccccc1OCC(=O)c1cc(Br)sc1Br. The van der Waals surface area contributed by atoms with Gasteiger partial charge in [0.2, 0.25) is 5.78 Å². The fourth-order valence-corrected chi connectivity index (χ4v) is 4.58. The lowest BCUT2D eigenvalue weighted by molar-refractivity contribution is 0.0920. The highest BCUT2D eigenvalue weighted by atomic mass is 79.9. The highest BCUT2D eigenvalue weighted by molar-refractivity contribution is 9.12. The first-order chi connectivity index (χ1) is 9.61.